The van der Waals surface area contributed by atoms with E-state index in [4.69, 9.17) is 10.4 Å². The lowest BCUT2D eigenvalue weighted by atomic mass is 10.2. The van der Waals surface area contributed by atoms with Gasteiger partial charge in [-0.05, 0) is 35.9 Å². The Labute approximate surface area is 138 Å². The van der Waals surface area contributed by atoms with Crippen LogP contribution in [0.1, 0.15) is 11.1 Å². The van der Waals surface area contributed by atoms with E-state index < -0.39 is 28.4 Å². The highest BCUT2D eigenvalue weighted by Gasteiger charge is 2.27. The van der Waals surface area contributed by atoms with Crippen molar-refractivity contribution in [2.75, 3.05) is 6.54 Å². The van der Waals surface area contributed by atoms with Crippen LogP contribution in [0.5, 0.6) is 0 Å². The van der Waals surface area contributed by atoms with Crippen LogP contribution in [0.4, 0.5) is 4.39 Å². The van der Waals surface area contributed by atoms with Crippen LogP contribution in [0.3, 0.4) is 0 Å². The second-order valence-corrected chi connectivity index (χ2v) is 6.87. The standard InChI is InChI=1S/C16H13FN2O4S/c17-14-6-4-12(5-7-14)10-19(11-16(20)21)24(22,23)15-3-1-2-13(8-15)9-18/h1-8H,10-11H2,(H,20,21). The summed E-state index contributed by atoms with van der Waals surface area (Å²) in [6.07, 6.45) is 0. The van der Waals surface area contributed by atoms with Crippen molar-refractivity contribution in [1.82, 2.24) is 4.31 Å². The van der Waals surface area contributed by atoms with Gasteiger partial charge in [0.25, 0.3) is 0 Å². The van der Waals surface area contributed by atoms with Crippen molar-refractivity contribution in [3.05, 3.63) is 65.5 Å². The van der Waals surface area contributed by atoms with Crippen LogP contribution in [-0.2, 0) is 21.4 Å². The van der Waals surface area contributed by atoms with Crippen molar-refractivity contribution < 1.29 is 22.7 Å². The maximum absolute atomic E-state index is 13.0. The molecule has 2 rings (SSSR count). The zero-order chi connectivity index (χ0) is 17.7. The molecule has 0 heterocycles. The molecular weight excluding hydrogens is 335 g/mol. The first-order chi connectivity index (χ1) is 11.3. The summed E-state index contributed by atoms with van der Waals surface area (Å²) in [7, 11) is -4.13. The summed E-state index contributed by atoms with van der Waals surface area (Å²) in [5.41, 5.74) is 0.589. The second-order valence-electron chi connectivity index (χ2n) is 4.93. The van der Waals surface area contributed by atoms with Crippen LogP contribution in [-0.4, -0.2) is 30.3 Å². The van der Waals surface area contributed by atoms with Crippen molar-refractivity contribution in [3.63, 3.8) is 0 Å². The molecule has 0 aliphatic carbocycles. The summed E-state index contributed by atoms with van der Waals surface area (Å²) in [6, 6.07) is 12.2. The van der Waals surface area contributed by atoms with Crippen LogP contribution in [0, 0.1) is 17.1 Å². The number of benzene rings is 2. The van der Waals surface area contributed by atoms with Crippen LogP contribution in [0.2, 0.25) is 0 Å². The van der Waals surface area contributed by atoms with Gasteiger partial charge in [0.15, 0.2) is 0 Å². The Morgan fingerprint density at radius 1 is 1.21 bits per heavy atom. The number of nitriles is 1. The smallest absolute Gasteiger partial charge is 0.318 e. The molecule has 0 aliphatic heterocycles. The monoisotopic (exact) mass is 348 g/mol. The normalized spacial score (nSPS) is 11.2. The van der Waals surface area contributed by atoms with E-state index in [0.29, 0.717) is 5.56 Å². The molecule has 0 aliphatic rings. The Hall–Kier alpha value is -2.76. The molecule has 0 fully saturated rings. The summed E-state index contributed by atoms with van der Waals surface area (Å²) >= 11 is 0. The number of sulfonamides is 1. The van der Waals surface area contributed by atoms with E-state index >= 15 is 0 Å². The number of rotatable bonds is 6. The fourth-order valence-electron chi connectivity index (χ4n) is 2.05. The fraction of sp³-hybridized carbons (Fsp3) is 0.125. The Morgan fingerprint density at radius 3 is 2.46 bits per heavy atom. The number of hydrogen-bond acceptors (Lipinski definition) is 4. The zero-order valence-corrected chi connectivity index (χ0v) is 13.2. The van der Waals surface area contributed by atoms with E-state index in [1.54, 1.807) is 0 Å². The highest BCUT2D eigenvalue weighted by atomic mass is 32.2. The molecule has 0 amide bonds. The molecule has 0 bridgehead atoms. The van der Waals surface area contributed by atoms with E-state index in [0.717, 1.165) is 16.4 Å². The topological polar surface area (TPSA) is 98.5 Å². The van der Waals surface area contributed by atoms with Gasteiger partial charge < -0.3 is 5.11 Å². The minimum Gasteiger partial charge on any atom is -0.480 e. The van der Waals surface area contributed by atoms with Gasteiger partial charge >= 0.3 is 5.97 Å². The van der Waals surface area contributed by atoms with Gasteiger partial charge in [0.1, 0.15) is 12.4 Å². The van der Waals surface area contributed by atoms with Crippen LogP contribution in [0.15, 0.2) is 53.4 Å². The number of hydrogen-bond donors (Lipinski definition) is 1. The molecular formula is C16H13FN2O4S. The maximum Gasteiger partial charge on any atom is 0.318 e. The van der Waals surface area contributed by atoms with E-state index in [-0.39, 0.29) is 17.0 Å². The number of nitrogens with zero attached hydrogens (tertiary/aromatic N) is 2. The number of carbonyl (C=O) groups is 1. The molecule has 0 aromatic heterocycles. The van der Waals surface area contributed by atoms with Crippen LogP contribution in [0.25, 0.3) is 0 Å². The Kier molecular flexibility index (Phi) is 5.28. The molecule has 6 nitrogen and oxygen atoms in total. The average molecular weight is 348 g/mol. The van der Waals surface area contributed by atoms with E-state index in [1.807, 2.05) is 6.07 Å². The van der Waals surface area contributed by atoms with Gasteiger partial charge in [0.2, 0.25) is 10.0 Å². The third-order valence-corrected chi connectivity index (χ3v) is 4.97. The van der Waals surface area contributed by atoms with Gasteiger partial charge in [-0.2, -0.15) is 9.57 Å². The number of carboxylic acids is 1. The van der Waals surface area contributed by atoms with Gasteiger partial charge in [-0.3, -0.25) is 4.79 Å². The van der Waals surface area contributed by atoms with Gasteiger partial charge in [-0.1, -0.05) is 18.2 Å². The molecule has 0 radical (unpaired) electrons. The third-order valence-electron chi connectivity index (χ3n) is 3.18. The van der Waals surface area contributed by atoms with Crippen LogP contribution >= 0.6 is 0 Å². The van der Waals surface area contributed by atoms with Crippen molar-refractivity contribution >= 4 is 16.0 Å². The molecule has 1 N–H and O–H groups in total. The predicted molar refractivity (Wildman–Crippen MR) is 82.8 cm³/mol. The summed E-state index contributed by atoms with van der Waals surface area (Å²) < 4.78 is 39.1. The van der Waals surface area contributed by atoms with Crippen molar-refractivity contribution in [2.24, 2.45) is 0 Å². The average Bonchev–Trinajstić information content (AvgIpc) is 2.56. The van der Waals surface area contributed by atoms with Crippen molar-refractivity contribution in [2.45, 2.75) is 11.4 Å². The van der Waals surface area contributed by atoms with Gasteiger partial charge in [0.05, 0.1) is 16.5 Å². The number of halogens is 1. The van der Waals surface area contributed by atoms with Crippen molar-refractivity contribution in [3.8, 4) is 6.07 Å². The lowest BCUT2D eigenvalue weighted by molar-refractivity contribution is -0.137. The highest BCUT2D eigenvalue weighted by Crippen LogP contribution is 2.19. The largest absolute Gasteiger partial charge is 0.480 e. The van der Waals surface area contributed by atoms with Crippen LogP contribution < -0.4 is 0 Å². The van der Waals surface area contributed by atoms with Gasteiger partial charge in [0, 0.05) is 6.54 Å². The first-order valence-electron chi connectivity index (χ1n) is 6.79. The Morgan fingerprint density at radius 2 is 1.88 bits per heavy atom. The molecule has 0 atom stereocenters. The molecule has 8 heteroatoms. The van der Waals surface area contributed by atoms with Gasteiger partial charge in [-0.25, -0.2) is 12.8 Å². The molecule has 0 unspecified atom stereocenters. The molecule has 0 saturated carbocycles. The number of aliphatic carboxylic acids is 1. The first-order valence-corrected chi connectivity index (χ1v) is 8.23. The quantitative estimate of drug-likeness (QED) is 0.860. The van der Waals surface area contributed by atoms with E-state index in [1.165, 1.54) is 36.4 Å². The molecule has 0 spiro atoms. The summed E-state index contributed by atoms with van der Waals surface area (Å²) in [5, 5.41) is 17.9. The fourth-order valence-corrected chi connectivity index (χ4v) is 3.47. The first kappa shape index (κ1) is 17.6. The maximum atomic E-state index is 13.0. The molecule has 124 valence electrons. The van der Waals surface area contributed by atoms with Crippen molar-refractivity contribution in [1.29, 1.82) is 5.26 Å². The van der Waals surface area contributed by atoms with E-state index in [2.05, 4.69) is 0 Å². The SMILES string of the molecule is N#Cc1cccc(S(=O)(=O)N(CC(=O)O)Cc2ccc(F)cc2)c1. The minimum absolute atomic E-state index is 0.146. The predicted octanol–water partition coefficient (Wildman–Crippen LogP) is 1.97. The van der Waals surface area contributed by atoms with E-state index in [9.17, 15) is 17.6 Å². The lowest BCUT2D eigenvalue weighted by Crippen LogP contribution is -2.35. The second kappa shape index (κ2) is 7.21. The summed E-state index contributed by atoms with van der Waals surface area (Å²) in [4.78, 5) is 10.9. The molecule has 0 saturated heterocycles. The molecule has 24 heavy (non-hydrogen) atoms. The number of carboxylic acid groups (broad SMARTS) is 1. The lowest BCUT2D eigenvalue weighted by Gasteiger charge is -2.20. The summed E-state index contributed by atoms with van der Waals surface area (Å²) in [6.45, 7) is -0.984. The zero-order valence-electron chi connectivity index (χ0n) is 12.4. The highest BCUT2D eigenvalue weighted by molar-refractivity contribution is 7.89. The Balaban J connectivity index is 2.40. The van der Waals surface area contributed by atoms with Gasteiger partial charge in [-0.15, -0.1) is 0 Å². The summed E-state index contributed by atoms with van der Waals surface area (Å²) in [5.74, 6) is -1.80. The molecule has 2 aromatic rings. The minimum atomic E-state index is -4.13. The Bertz CT molecular complexity index is 889. The third kappa shape index (κ3) is 4.16. The molecule has 2 aromatic carbocycles.